The number of carbonyl (C=O) groups excluding carboxylic acids is 2. The van der Waals surface area contributed by atoms with E-state index in [9.17, 15) is 9.59 Å². The summed E-state index contributed by atoms with van der Waals surface area (Å²) in [5.74, 6) is -2.67. The topological polar surface area (TPSA) is 82.5 Å². The molecule has 1 aliphatic heterocycles. The highest BCUT2D eigenvalue weighted by atomic mass is 16.7. The highest BCUT2D eigenvalue weighted by Crippen LogP contribution is 2.23. The van der Waals surface area contributed by atoms with Crippen LogP contribution in [-0.2, 0) is 26.1 Å². The minimum Gasteiger partial charge on any atom is -0.419 e. The van der Waals surface area contributed by atoms with Crippen molar-refractivity contribution in [3.8, 4) is 11.3 Å². The number of carbonyl (C=O) groups is 2. The molecular weight excluding hydrogens is 310 g/mol. The van der Waals surface area contributed by atoms with Crippen LogP contribution in [0, 0.1) is 0 Å². The standard InChI is InChI=1S/C17H17N3O4/c1-17(2)23-15(21)13(16(22)24-17)8-19-12-6-4-11(5-7-12)14-9-18-10-20(14)3/h4-10,19H,1-3H3. The van der Waals surface area contributed by atoms with E-state index in [1.807, 2.05) is 35.9 Å². The number of imidazole rings is 1. The number of cyclic esters (lactones) is 2. The first-order chi connectivity index (χ1) is 11.4. The minimum atomic E-state index is -1.24. The molecule has 0 spiro atoms. The Kier molecular flexibility index (Phi) is 3.84. The van der Waals surface area contributed by atoms with Crippen molar-refractivity contribution in [1.82, 2.24) is 9.55 Å². The number of ether oxygens (including phenoxy) is 2. The summed E-state index contributed by atoms with van der Waals surface area (Å²) in [6, 6.07) is 7.50. The number of nitrogens with zero attached hydrogens (tertiary/aromatic N) is 2. The van der Waals surface area contributed by atoms with Gasteiger partial charge in [0, 0.05) is 32.8 Å². The van der Waals surface area contributed by atoms with Gasteiger partial charge in [-0.25, -0.2) is 14.6 Å². The summed E-state index contributed by atoms with van der Waals surface area (Å²) in [5.41, 5.74) is 2.54. The molecule has 1 fully saturated rings. The van der Waals surface area contributed by atoms with Gasteiger partial charge in [0.25, 0.3) is 5.79 Å². The molecular formula is C17H17N3O4. The van der Waals surface area contributed by atoms with E-state index in [-0.39, 0.29) is 5.57 Å². The second-order valence-electron chi connectivity index (χ2n) is 5.85. The van der Waals surface area contributed by atoms with Gasteiger partial charge in [-0.1, -0.05) is 12.1 Å². The fraction of sp³-hybridized carbons (Fsp3) is 0.235. The van der Waals surface area contributed by atoms with Gasteiger partial charge >= 0.3 is 11.9 Å². The van der Waals surface area contributed by atoms with Crippen LogP contribution in [-0.4, -0.2) is 27.3 Å². The SMILES string of the molecule is Cn1cncc1-c1ccc(NC=C2C(=O)OC(C)(C)OC2=O)cc1. The van der Waals surface area contributed by atoms with Crippen molar-refractivity contribution in [2.45, 2.75) is 19.6 Å². The van der Waals surface area contributed by atoms with Crippen molar-refractivity contribution in [3.63, 3.8) is 0 Å². The van der Waals surface area contributed by atoms with Crippen LogP contribution in [0.15, 0.2) is 48.6 Å². The van der Waals surface area contributed by atoms with Gasteiger partial charge in [0.05, 0.1) is 18.2 Å². The van der Waals surface area contributed by atoms with Gasteiger partial charge in [-0.05, 0) is 17.7 Å². The fourth-order valence-electron chi connectivity index (χ4n) is 2.31. The molecule has 124 valence electrons. The van der Waals surface area contributed by atoms with Crippen molar-refractivity contribution in [3.05, 3.63) is 48.6 Å². The average Bonchev–Trinajstić information content (AvgIpc) is 2.92. The summed E-state index contributed by atoms with van der Waals surface area (Å²) >= 11 is 0. The van der Waals surface area contributed by atoms with Crippen LogP contribution in [0.3, 0.4) is 0 Å². The summed E-state index contributed by atoms with van der Waals surface area (Å²) in [7, 11) is 1.92. The fourth-order valence-corrected chi connectivity index (χ4v) is 2.31. The Hall–Kier alpha value is -3.09. The monoisotopic (exact) mass is 327 g/mol. The van der Waals surface area contributed by atoms with E-state index in [2.05, 4.69) is 10.3 Å². The average molecular weight is 327 g/mol. The van der Waals surface area contributed by atoms with Crippen LogP contribution < -0.4 is 5.32 Å². The normalized spacial score (nSPS) is 16.4. The summed E-state index contributed by atoms with van der Waals surface area (Å²) in [6.07, 6.45) is 4.80. The van der Waals surface area contributed by atoms with Gasteiger partial charge in [-0.2, -0.15) is 0 Å². The second-order valence-corrected chi connectivity index (χ2v) is 5.85. The van der Waals surface area contributed by atoms with Gasteiger partial charge in [-0.15, -0.1) is 0 Å². The minimum absolute atomic E-state index is 0.176. The van der Waals surface area contributed by atoms with E-state index in [1.165, 1.54) is 20.0 Å². The van der Waals surface area contributed by atoms with Crippen LogP contribution in [0.4, 0.5) is 5.69 Å². The van der Waals surface area contributed by atoms with Gasteiger partial charge < -0.3 is 19.4 Å². The van der Waals surface area contributed by atoms with Crippen LogP contribution in [0.1, 0.15) is 13.8 Å². The van der Waals surface area contributed by atoms with Gasteiger partial charge in [0.15, 0.2) is 5.57 Å². The quantitative estimate of drug-likeness (QED) is 0.529. The van der Waals surface area contributed by atoms with Crippen LogP contribution in [0.5, 0.6) is 0 Å². The van der Waals surface area contributed by atoms with Crippen LogP contribution >= 0.6 is 0 Å². The third kappa shape index (κ3) is 3.15. The summed E-state index contributed by atoms with van der Waals surface area (Å²) in [5, 5.41) is 2.90. The third-order valence-electron chi connectivity index (χ3n) is 3.50. The van der Waals surface area contributed by atoms with Crippen molar-refractivity contribution in [2.75, 3.05) is 5.32 Å². The lowest BCUT2D eigenvalue weighted by atomic mass is 10.1. The van der Waals surface area contributed by atoms with Crippen LogP contribution in [0.2, 0.25) is 0 Å². The molecule has 0 aliphatic carbocycles. The maximum atomic E-state index is 11.8. The molecule has 7 nitrogen and oxygen atoms in total. The van der Waals surface area contributed by atoms with Crippen molar-refractivity contribution in [1.29, 1.82) is 0 Å². The first kappa shape index (κ1) is 15.8. The molecule has 0 amide bonds. The first-order valence-electron chi connectivity index (χ1n) is 7.36. The van der Waals surface area contributed by atoms with E-state index in [0.717, 1.165) is 16.9 Å². The zero-order chi connectivity index (χ0) is 17.3. The number of hydrogen-bond donors (Lipinski definition) is 1. The molecule has 2 heterocycles. The summed E-state index contributed by atoms with van der Waals surface area (Å²) < 4.78 is 12.0. The molecule has 3 rings (SSSR count). The Morgan fingerprint density at radius 2 is 1.75 bits per heavy atom. The van der Waals surface area contributed by atoms with E-state index < -0.39 is 17.7 Å². The lowest BCUT2D eigenvalue weighted by molar-refractivity contribution is -0.222. The number of rotatable bonds is 3. The van der Waals surface area contributed by atoms with Gasteiger partial charge in [0.1, 0.15) is 0 Å². The Balaban J connectivity index is 1.74. The number of benzene rings is 1. The molecule has 0 unspecified atom stereocenters. The molecule has 0 atom stereocenters. The number of esters is 2. The first-order valence-corrected chi connectivity index (χ1v) is 7.36. The predicted octanol–water partition coefficient (Wildman–Crippen LogP) is 2.22. The van der Waals surface area contributed by atoms with Crippen molar-refractivity contribution < 1.29 is 19.1 Å². The third-order valence-corrected chi connectivity index (χ3v) is 3.50. The number of nitrogens with one attached hydrogen (secondary N) is 1. The highest BCUT2D eigenvalue weighted by Gasteiger charge is 2.38. The van der Waals surface area contributed by atoms with E-state index in [4.69, 9.17) is 9.47 Å². The smallest absolute Gasteiger partial charge is 0.350 e. The molecule has 1 aliphatic rings. The van der Waals surface area contributed by atoms with E-state index >= 15 is 0 Å². The van der Waals surface area contributed by atoms with Crippen molar-refractivity contribution >= 4 is 17.6 Å². The largest absolute Gasteiger partial charge is 0.419 e. The molecule has 1 saturated heterocycles. The zero-order valence-corrected chi connectivity index (χ0v) is 13.6. The molecule has 1 N–H and O–H groups in total. The van der Waals surface area contributed by atoms with Crippen LogP contribution in [0.25, 0.3) is 11.3 Å². The molecule has 24 heavy (non-hydrogen) atoms. The number of anilines is 1. The lowest BCUT2D eigenvalue weighted by Gasteiger charge is -2.29. The second kappa shape index (κ2) is 5.84. The molecule has 0 saturated carbocycles. The Labute approximate surface area is 138 Å². The lowest BCUT2D eigenvalue weighted by Crippen LogP contribution is -2.42. The van der Waals surface area contributed by atoms with Gasteiger partial charge in [0.2, 0.25) is 0 Å². The van der Waals surface area contributed by atoms with Gasteiger partial charge in [-0.3, -0.25) is 0 Å². The number of hydrogen-bond acceptors (Lipinski definition) is 6. The summed E-state index contributed by atoms with van der Waals surface area (Å²) in [4.78, 5) is 27.8. The Bertz CT molecular complexity index is 797. The maximum absolute atomic E-state index is 11.8. The highest BCUT2D eigenvalue weighted by molar-refractivity contribution is 6.15. The molecule has 1 aromatic heterocycles. The molecule has 0 bridgehead atoms. The molecule has 1 aromatic carbocycles. The molecule has 7 heteroatoms. The van der Waals surface area contributed by atoms with E-state index in [0.29, 0.717) is 0 Å². The van der Waals surface area contributed by atoms with E-state index in [1.54, 1.807) is 12.5 Å². The van der Waals surface area contributed by atoms with Crippen molar-refractivity contribution in [2.24, 2.45) is 7.05 Å². The number of aromatic nitrogens is 2. The zero-order valence-electron chi connectivity index (χ0n) is 13.6. The Morgan fingerprint density at radius 3 is 2.29 bits per heavy atom. The molecule has 0 radical (unpaired) electrons. The predicted molar refractivity (Wildman–Crippen MR) is 86.6 cm³/mol. The Morgan fingerprint density at radius 1 is 1.12 bits per heavy atom. The number of aryl methyl sites for hydroxylation is 1. The molecule has 2 aromatic rings. The summed E-state index contributed by atoms with van der Waals surface area (Å²) in [6.45, 7) is 3.01. The maximum Gasteiger partial charge on any atom is 0.350 e.